The lowest BCUT2D eigenvalue weighted by Gasteiger charge is -2.19. The maximum atomic E-state index is 12.2. The lowest BCUT2D eigenvalue weighted by atomic mass is 10.3. The lowest BCUT2D eigenvalue weighted by Crippen LogP contribution is -2.32. The number of hydrogen-bond acceptors (Lipinski definition) is 3. The van der Waals surface area contributed by atoms with Crippen molar-refractivity contribution in [2.45, 2.75) is 32.2 Å². The van der Waals surface area contributed by atoms with Gasteiger partial charge in [-0.2, -0.15) is 13.2 Å². The van der Waals surface area contributed by atoms with E-state index in [1.807, 2.05) is 5.43 Å². The van der Waals surface area contributed by atoms with E-state index in [1.54, 1.807) is 0 Å². The Kier molecular flexibility index (Phi) is 4.79. The highest BCUT2D eigenvalue weighted by Crippen LogP contribution is 2.24. The van der Waals surface area contributed by atoms with Crippen molar-refractivity contribution in [3.05, 3.63) is 12.3 Å². The molecule has 0 saturated carbocycles. The molecule has 0 aliphatic carbocycles. The summed E-state index contributed by atoms with van der Waals surface area (Å²) >= 11 is 0. The van der Waals surface area contributed by atoms with Gasteiger partial charge in [0.15, 0.2) is 6.10 Å². The Hall–Kier alpha value is -0.750. The van der Waals surface area contributed by atoms with Gasteiger partial charge in [0.2, 0.25) is 0 Å². The van der Waals surface area contributed by atoms with E-state index in [-0.39, 0.29) is 0 Å². The van der Waals surface area contributed by atoms with Crippen molar-refractivity contribution in [3.8, 4) is 0 Å². The Morgan fingerprint density at radius 1 is 1.38 bits per heavy atom. The smallest absolute Gasteiger partial charge is 0.362 e. The van der Waals surface area contributed by atoms with Crippen LogP contribution in [0.1, 0.15) is 13.8 Å². The summed E-state index contributed by atoms with van der Waals surface area (Å²) in [7, 11) is 0. The molecule has 0 fully saturated rings. The SMILES string of the molecule is CC(C)OC(/C=C\NN)C(F)(F)F. The molecule has 78 valence electrons. The zero-order valence-corrected chi connectivity index (χ0v) is 7.43. The molecule has 0 aromatic heterocycles. The summed E-state index contributed by atoms with van der Waals surface area (Å²) in [6, 6.07) is 0. The predicted molar refractivity (Wildman–Crippen MR) is 42.5 cm³/mol. The molecule has 0 heterocycles. The molecule has 0 aliphatic rings. The number of ether oxygens (including phenoxy) is 1. The molecule has 0 rings (SSSR count). The van der Waals surface area contributed by atoms with E-state index < -0.39 is 18.4 Å². The number of hydrogen-bond donors (Lipinski definition) is 2. The Morgan fingerprint density at radius 3 is 2.23 bits per heavy atom. The van der Waals surface area contributed by atoms with Crippen molar-refractivity contribution in [3.63, 3.8) is 0 Å². The van der Waals surface area contributed by atoms with Gasteiger partial charge < -0.3 is 10.2 Å². The summed E-state index contributed by atoms with van der Waals surface area (Å²) in [6.07, 6.45) is -5.00. The number of alkyl halides is 3. The van der Waals surface area contributed by atoms with Gasteiger partial charge in [0.1, 0.15) is 0 Å². The molecule has 0 aliphatic heterocycles. The summed E-state index contributed by atoms with van der Waals surface area (Å²) in [5.41, 5.74) is 1.98. The Labute approximate surface area is 74.7 Å². The second-order valence-electron chi connectivity index (χ2n) is 2.67. The number of hydrazine groups is 1. The average molecular weight is 198 g/mol. The monoisotopic (exact) mass is 198 g/mol. The first kappa shape index (κ1) is 12.2. The van der Waals surface area contributed by atoms with Crippen LogP contribution in [0.2, 0.25) is 0 Å². The molecular formula is C7H13F3N2O. The van der Waals surface area contributed by atoms with Crippen molar-refractivity contribution in [1.29, 1.82) is 0 Å². The summed E-state index contributed by atoms with van der Waals surface area (Å²) in [5, 5.41) is 0. The fraction of sp³-hybridized carbons (Fsp3) is 0.714. The molecule has 0 saturated heterocycles. The fourth-order valence-electron chi connectivity index (χ4n) is 0.668. The van der Waals surface area contributed by atoms with Crippen molar-refractivity contribution < 1.29 is 17.9 Å². The molecule has 6 heteroatoms. The summed E-state index contributed by atoms with van der Waals surface area (Å²) < 4.78 is 41.1. The third kappa shape index (κ3) is 5.48. The third-order valence-electron chi connectivity index (χ3n) is 1.11. The molecular weight excluding hydrogens is 185 g/mol. The van der Waals surface area contributed by atoms with Crippen LogP contribution in [0.3, 0.4) is 0 Å². The average Bonchev–Trinajstić information content (AvgIpc) is 1.95. The van der Waals surface area contributed by atoms with E-state index in [0.29, 0.717) is 0 Å². The van der Waals surface area contributed by atoms with E-state index in [4.69, 9.17) is 5.84 Å². The minimum Gasteiger partial charge on any atom is -0.362 e. The standard InChI is InChI=1S/C7H13F3N2O/c1-5(2)13-6(3-4-12-11)7(8,9)10/h3-6,12H,11H2,1-2H3/b4-3-. The molecule has 0 aromatic rings. The van der Waals surface area contributed by atoms with Crippen LogP contribution >= 0.6 is 0 Å². The van der Waals surface area contributed by atoms with Crippen molar-refractivity contribution in [1.82, 2.24) is 5.43 Å². The number of nitrogens with one attached hydrogen (secondary N) is 1. The largest absolute Gasteiger partial charge is 0.418 e. The van der Waals surface area contributed by atoms with Crippen LogP contribution in [-0.4, -0.2) is 18.4 Å². The minimum atomic E-state index is -4.41. The molecule has 0 radical (unpaired) electrons. The number of rotatable bonds is 4. The van der Waals surface area contributed by atoms with Crippen LogP contribution < -0.4 is 11.3 Å². The molecule has 0 spiro atoms. The van der Waals surface area contributed by atoms with Crippen LogP contribution in [0.5, 0.6) is 0 Å². The molecule has 0 amide bonds. The maximum absolute atomic E-state index is 12.2. The van der Waals surface area contributed by atoms with Gasteiger partial charge in [-0.1, -0.05) is 0 Å². The second kappa shape index (κ2) is 5.08. The second-order valence-corrected chi connectivity index (χ2v) is 2.67. The highest BCUT2D eigenvalue weighted by atomic mass is 19.4. The van der Waals surface area contributed by atoms with E-state index >= 15 is 0 Å². The minimum absolute atomic E-state index is 0.492. The van der Waals surface area contributed by atoms with Gasteiger partial charge in [-0.15, -0.1) is 0 Å². The van der Waals surface area contributed by atoms with Crippen molar-refractivity contribution in [2.24, 2.45) is 5.84 Å². The molecule has 13 heavy (non-hydrogen) atoms. The predicted octanol–water partition coefficient (Wildman–Crippen LogP) is 1.32. The molecule has 1 atom stereocenters. The van der Waals surface area contributed by atoms with Crippen molar-refractivity contribution >= 4 is 0 Å². The van der Waals surface area contributed by atoms with Crippen molar-refractivity contribution in [2.75, 3.05) is 0 Å². The van der Waals surface area contributed by atoms with Crippen LogP contribution in [-0.2, 0) is 4.74 Å². The third-order valence-corrected chi connectivity index (χ3v) is 1.11. The molecule has 1 unspecified atom stereocenters. The topological polar surface area (TPSA) is 47.3 Å². The highest BCUT2D eigenvalue weighted by molar-refractivity contribution is 4.91. The Bertz CT molecular complexity index is 168. The van der Waals surface area contributed by atoms with Crippen LogP contribution in [0.15, 0.2) is 12.3 Å². The maximum Gasteiger partial charge on any atom is 0.418 e. The van der Waals surface area contributed by atoms with Crippen LogP contribution in [0.25, 0.3) is 0 Å². The van der Waals surface area contributed by atoms with Crippen LogP contribution in [0, 0.1) is 0 Å². The normalized spacial score (nSPS) is 15.3. The van der Waals surface area contributed by atoms with Gasteiger partial charge in [0, 0.05) is 6.20 Å². The summed E-state index contributed by atoms with van der Waals surface area (Å²) in [6.45, 7) is 3.06. The van der Waals surface area contributed by atoms with Crippen LogP contribution in [0.4, 0.5) is 13.2 Å². The van der Waals surface area contributed by atoms with E-state index in [2.05, 4.69) is 4.74 Å². The quantitative estimate of drug-likeness (QED) is 0.529. The molecule has 0 aromatic carbocycles. The zero-order chi connectivity index (χ0) is 10.5. The number of nitrogens with two attached hydrogens (primary N) is 1. The lowest BCUT2D eigenvalue weighted by molar-refractivity contribution is -0.212. The van der Waals surface area contributed by atoms with Gasteiger partial charge >= 0.3 is 6.18 Å². The zero-order valence-electron chi connectivity index (χ0n) is 7.43. The van der Waals surface area contributed by atoms with Gasteiger partial charge in [-0.25, -0.2) is 0 Å². The van der Waals surface area contributed by atoms with E-state index in [0.717, 1.165) is 12.3 Å². The highest BCUT2D eigenvalue weighted by Gasteiger charge is 2.39. The van der Waals surface area contributed by atoms with Gasteiger partial charge in [0.25, 0.3) is 0 Å². The molecule has 3 N–H and O–H groups in total. The summed E-state index contributed by atoms with van der Waals surface area (Å²) in [5.74, 6) is 4.79. The number of halogens is 3. The first-order valence-corrected chi connectivity index (χ1v) is 3.73. The van der Waals surface area contributed by atoms with Gasteiger partial charge in [0.05, 0.1) is 6.10 Å². The van der Waals surface area contributed by atoms with Gasteiger partial charge in [-0.3, -0.25) is 5.84 Å². The Morgan fingerprint density at radius 2 is 1.92 bits per heavy atom. The molecule has 0 bridgehead atoms. The van der Waals surface area contributed by atoms with Gasteiger partial charge in [-0.05, 0) is 19.9 Å². The van der Waals surface area contributed by atoms with E-state index in [1.165, 1.54) is 13.8 Å². The Balaban J connectivity index is 4.28. The first-order valence-electron chi connectivity index (χ1n) is 3.73. The first-order chi connectivity index (χ1) is 5.88. The van der Waals surface area contributed by atoms with E-state index in [9.17, 15) is 13.2 Å². The fourth-order valence-corrected chi connectivity index (χ4v) is 0.668. The summed E-state index contributed by atoms with van der Waals surface area (Å²) in [4.78, 5) is 0. The molecule has 3 nitrogen and oxygen atoms in total.